The summed E-state index contributed by atoms with van der Waals surface area (Å²) in [5.41, 5.74) is 0. The summed E-state index contributed by atoms with van der Waals surface area (Å²) >= 11 is 4.61. The summed E-state index contributed by atoms with van der Waals surface area (Å²) in [5.74, 6) is -0.00442. The Bertz CT molecular complexity index is 837. The van der Waals surface area contributed by atoms with Crippen molar-refractivity contribution in [3.63, 3.8) is 0 Å². The SMILES string of the molecule is CCCC(C)c1nnc(NC(=O)CCNS(=O)(=O)c2ccc(Br)cc2)s1. The molecule has 0 spiro atoms. The van der Waals surface area contributed by atoms with Crippen molar-refractivity contribution in [3.05, 3.63) is 33.7 Å². The van der Waals surface area contributed by atoms with E-state index in [2.05, 4.69) is 50.0 Å². The first-order chi connectivity index (χ1) is 12.3. The molecule has 2 N–H and O–H groups in total. The van der Waals surface area contributed by atoms with Crippen molar-refractivity contribution in [3.8, 4) is 0 Å². The number of nitrogens with one attached hydrogen (secondary N) is 2. The second-order valence-electron chi connectivity index (χ2n) is 5.79. The van der Waals surface area contributed by atoms with Gasteiger partial charge in [-0.15, -0.1) is 10.2 Å². The maximum Gasteiger partial charge on any atom is 0.240 e. The third-order valence-electron chi connectivity index (χ3n) is 3.60. The molecular weight excluding hydrogens is 440 g/mol. The average Bonchev–Trinajstić information content (AvgIpc) is 3.04. The third-order valence-corrected chi connectivity index (χ3v) is 6.67. The predicted octanol–water partition coefficient (Wildman–Crippen LogP) is 3.51. The number of hydrogen-bond acceptors (Lipinski definition) is 6. The molecule has 1 atom stereocenters. The van der Waals surface area contributed by atoms with Gasteiger partial charge in [-0.2, -0.15) is 0 Å². The highest BCUT2D eigenvalue weighted by Crippen LogP contribution is 2.26. The van der Waals surface area contributed by atoms with Gasteiger partial charge in [-0.1, -0.05) is 47.5 Å². The quantitative estimate of drug-likeness (QED) is 0.595. The lowest BCUT2D eigenvalue weighted by Crippen LogP contribution is -2.27. The molecule has 1 amide bonds. The van der Waals surface area contributed by atoms with Gasteiger partial charge in [-0.25, -0.2) is 13.1 Å². The maximum absolute atomic E-state index is 12.1. The predicted molar refractivity (Wildman–Crippen MR) is 106 cm³/mol. The Morgan fingerprint density at radius 2 is 1.96 bits per heavy atom. The number of rotatable bonds is 9. The van der Waals surface area contributed by atoms with E-state index in [9.17, 15) is 13.2 Å². The van der Waals surface area contributed by atoms with Crippen LogP contribution in [0.3, 0.4) is 0 Å². The summed E-state index contributed by atoms with van der Waals surface area (Å²) < 4.78 is 27.5. The number of hydrogen-bond donors (Lipinski definition) is 2. The van der Waals surface area contributed by atoms with E-state index >= 15 is 0 Å². The smallest absolute Gasteiger partial charge is 0.240 e. The Labute approximate surface area is 165 Å². The number of sulfonamides is 1. The first kappa shape index (κ1) is 20.9. The molecule has 0 bridgehead atoms. The number of anilines is 1. The van der Waals surface area contributed by atoms with Gasteiger partial charge < -0.3 is 5.32 Å². The van der Waals surface area contributed by atoms with E-state index < -0.39 is 10.0 Å². The monoisotopic (exact) mass is 460 g/mol. The molecular formula is C16H21BrN4O3S2. The van der Waals surface area contributed by atoms with Gasteiger partial charge in [0, 0.05) is 23.4 Å². The van der Waals surface area contributed by atoms with E-state index in [0.717, 1.165) is 22.3 Å². The lowest BCUT2D eigenvalue weighted by molar-refractivity contribution is -0.116. The Morgan fingerprint density at radius 3 is 2.62 bits per heavy atom. The minimum Gasteiger partial charge on any atom is -0.300 e. The van der Waals surface area contributed by atoms with Crippen molar-refractivity contribution in [1.82, 2.24) is 14.9 Å². The van der Waals surface area contributed by atoms with Gasteiger partial charge >= 0.3 is 0 Å². The molecule has 0 saturated heterocycles. The van der Waals surface area contributed by atoms with Crippen LogP contribution < -0.4 is 10.0 Å². The third kappa shape index (κ3) is 6.11. The molecule has 0 radical (unpaired) electrons. The molecule has 0 aliphatic rings. The number of carbonyl (C=O) groups excluding carboxylic acids is 1. The lowest BCUT2D eigenvalue weighted by Gasteiger charge is -2.06. The fourth-order valence-electron chi connectivity index (χ4n) is 2.22. The number of halogens is 1. The molecule has 26 heavy (non-hydrogen) atoms. The van der Waals surface area contributed by atoms with Crippen LogP contribution in [0.4, 0.5) is 5.13 Å². The van der Waals surface area contributed by atoms with Crippen molar-refractivity contribution >= 4 is 48.3 Å². The van der Waals surface area contributed by atoms with Gasteiger partial charge in [0.15, 0.2) is 0 Å². The Kier molecular flexibility index (Phi) is 7.69. The molecule has 10 heteroatoms. The van der Waals surface area contributed by atoms with Gasteiger partial charge in [-0.05, 0) is 30.7 Å². The van der Waals surface area contributed by atoms with Gasteiger partial charge in [0.25, 0.3) is 0 Å². The molecule has 142 valence electrons. The summed E-state index contributed by atoms with van der Waals surface area (Å²) in [7, 11) is -3.64. The van der Waals surface area contributed by atoms with Crippen LogP contribution in [0.2, 0.25) is 0 Å². The van der Waals surface area contributed by atoms with Crippen LogP contribution in [-0.4, -0.2) is 31.1 Å². The number of benzene rings is 1. The Balaban J connectivity index is 1.82. The average molecular weight is 461 g/mol. The minimum absolute atomic E-state index is 0.00211. The Hall–Kier alpha value is -1.36. The van der Waals surface area contributed by atoms with Crippen LogP contribution in [0.25, 0.3) is 0 Å². The molecule has 1 heterocycles. The molecule has 2 aromatic rings. The van der Waals surface area contributed by atoms with Gasteiger partial charge in [0.05, 0.1) is 4.90 Å². The van der Waals surface area contributed by atoms with Crippen molar-refractivity contribution in [2.24, 2.45) is 0 Å². The van der Waals surface area contributed by atoms with Crippen molar-refractivity contribution in [2.75, 3.05) is 11.9 Å². The van der Waals surface area contributed by atoms with Gasteiger partial charge in [0.1, 0.15) is 5.01 Å². The van der Waals surface area contributed by atoms with Crippen LogP contribution in [0.1, 0.15) is 44.0 Å². The molecule has 0 aliphatic heterocycles. The number of nitrogens with zero attached hydrogens (tertiary/aromatic N) is 2. The second kappa shape index (κ2) is 9.54. The summed E-state index contributed by atoms with van der Waals surface area (Å²) in [6, 6.07) is 6.28. The highest BCUT2D eigenvalue weighted by atomic mass is 79.9. The van der Waals surface area contributed by atoms with E-state index in [1.54, 1.807) is 12.1 Å². The van der Waals surface area contributed by atoms with E-state index in [4.69, 9.17) is 0 Å². The largest absolute Gasteiger partial charge is 0.300 e. The molecule has 1 unspecified atom stereocenters. The van der Waals surface area contributed by atoms with Crippen LogP contribution in [-0.2, 0) is 14.8 Å². The fourth-order valence-corrected chi connectivity index (χ4v) is 4.36. The number of aromatic nitrogens is 2. The first-order valence-corrected chi connectivity index (χ1v) is 11.3. The number of carbonyl (C=O) groups is 1. The zero-order chi connectivity index (χ0) is 19.2. The molecule has 0 fully saturated rings. The maximum atomic E-state index is 12.1. The Morgan fingerprint density at radius 1 is 1.27 bits per heavy atom. The minimum atomic E-state index is -3.64. The van der Waals surface area contributed by atoms with Crippen LogP contribution in [0.5, 0.6) is 0 Å². The zero-order valence-electron chi connectivity index (χ0n) is 14.5. The molecule has 7 nitrogen and oxygen atoms in total. The van der Waals surface area contributed by atoms with Crippen molar-refractivity contribution in [2.45, 2.75) is 43.9 Å². The normalized spacial score (nSPS) is 12.7. The molecule has 1 aromatic carbocycles. The van der Waals surface area contributed by atoms with E-state index in [1.165, 1.54) is 23.5 Å². The van der Waals surface area contributed by atoms with E-state index in [0.29, 0.717) is 11.0 Å². The van der Waals surface area contributed by atoms with Gasteiger partial charge in [0.2, 0.25) is 21.1 Å². The number of amides is 1. The van der Waals surface area contributed by atoms with E-state index in [-0.39, 0.29) is 23.8 Å². The first-order valence-electron chi connectivity index (χ1n) is 8.20. The zero-order valence-corrected chi connectivity index (χ0v) is 17.7. The summed E-state index contributed by atoms with van der Waals surface area (Å²) in [4.78, 5) is 12.1. The van der Waals surface area contributed by atoms with Crippen molar-refractivity contribution < 1.29 is 13.2 Å². The lowest BCUT2D eigenvalue weighted by atomic mass is 10.1. The van der Waals surface area contributed by atoms with Crippen LogP contribution in [0.15, 0.2) is 33.6 Å². The topological polar surface area (TPSA) is 101 Å². The van der Waals surface area contributed by atoms with Crippen LogP contribution in [0, 0.1) is 0 Å². The van der Waals surface area contributed by atoms with E-state index in [1.807, 2.05) is 0 Å². The van der Waals surface area contributed by atoms with Gasteiger partial charge in [-0.3, -0.25) is 4.79 Å². The summed E-state index contributed by atoms with van der Waals surface area (Å²) in [5, 5.41) is 12.0. The second-order valence-corrected chi connectivity index (χ2v) is 9.48. The van der Waals surface area contributed by atoms with Crippen LogP contribution >= 0.6 is 27.3 Å². The molecule has 2 rings (SSSR count). The molecule has 0 aliphatic carbocycles. The fraction of sp³-hybridized carbons (Fsp3) is 0.438. The van der Waals surface area contributed by atoms with Crippen molar-refractivity contribution in [1.29, 1.82) is 0 Å². The summed E-state index contributed by atoms with van der Waals surface area (Å²) in [6.45, 7) is 4.18. The highest BCUT2D eigenvalue weighted by Gasteiger charge is 2.15. The highest BCUT2D eigenvalue weighted by molar-refractivity contribution is 9.10. The molecule has 0 saturated carbocycles. The standard InChI is InChI=1S/C16H21BrN4O3S2/c1-3-4-11(2)15-20-21-16(25-15)19-14(22)9-10-18-26(23,24)13-7-5-12(17)6-8-13/h5-8,11,18H,3-4,9-10H2,1-2H3,(H,19,21,22). The summed E-state index contributed by atoms with van der Waals surface area (Å²) in [6.07, 6.45) is 2.08. The molecule has 1 aromatic heterocycles.